The molecule has 3 rings (SSSR count). The van der Waals surface area contributed by atoms with Crippen molar-refractivity contribution in [2.45, 2.75) is 13.0 Å². The fourth-order valence-electron chi connectivity index (χ4n) is 2.72. The first-order chi connectivity index (χ1) is 13.5. The Morgan fingerprint density at radius 3 is 2.61 bits per heavy atom. The van der Waals surface area contributed by atoms with Gasteiger partial charge in [-0.3, -0.25) is 9.59 Å². The summed E-state index contributed by atoms with van der Waals surface area (Å²) in [5.41, 5.74) is 7.43. The Labute approximate surface area is 162 Å². The zero-order valence-corrected chi connectivity index (χ0v) is 15.6. The van der Waals surface area contributed by atoms with Crippen molar-refractivity contribution in [3.05, 3.63) is 72.3 Å². The average Bonchev–Trinajstić information content (AvgIpc) is 3.26. The number of carbonyl (C=O) groups is 2. The monoisotopic (exact) mass is 379 g/mol. The highest BCUT2D eigenvalue weighted by Gasteiger charge is 2.19. The molecule has 2 amide bonds. The number of amides is 2. The minimum absolute atomic E-state index is 0.146. The third kappa shape index (κ3) is 4.35. The summed E-state index contributed by atoms with van der Waals surface area (Å²) in [6.07, 6.45) is 3.10. The van der Waals surface area contributed by atoms with Gasteiger partial charge in [0.25, 0.3) is 11.8 Å². The first-order valence-electron chi connectivity index (χ1n) is 8.69. The van der Waals surface area contributed by atoms with Gasteiger partial charge < -0.3 is 15.4 Å². The highest BCUT2D eigenvalue weighted by Crippen LogP contribution is 2.23. The molecule has 8 nitrogen and oxygen atoms in total. The maximum Gasteiger partial charge on any atom is 0.255 e. The molecule has 3 aromatic rings. The minimum Gasteiger partial charge on any atom is -0.484 e. The van der Waals surface area contributed by atoms with Crippen LogP contribution in [0, 0.1) is 0 Å². The molecule has 2 N–H and O–H groups in total. The zero-order valence-electron chi connectivity index (χ0n) is 15.6. The standard InChI is InChI=1S/C20H21N5O3/c1-14(15-6-8-17(9-7-15)25-13-22-12-23-25)24(2)20(27)16-4-3-5-18(10-16)28-11-19(21)26/h3-10,12-14H,11H2,1-2H3,(H2,21,26). The fraction of sp³-hybridized carbons (Fsp3) is 0.200. The number of ether oxygens (including phenoxy) is 1. The summed E-state index contributed by atoms with van der Waals surface area (Å²) in [7, 11) is 1.75. The van der Waals surface area contributed by atoms with E-state index in [1.807, 2.05) is 31.2 Å². The molecule has 2 aromatic carbocycles. The Morgan fingerprint density at radius 1 is 1.21 bits per heavy atom. The number of primary amides is 1. The normalized spacial score (nSPS) is 11.6. The molecule has 1 unspecified atom stereocenters. The van der Waals surface area contributed by atoms with E-state index in [1.165, 1.54) is 6.33 Å². The highest BCUT2D eigenvalue weighted by atomic mass is 16.5. The lowest BCUT2D eigenvalue weighted by Crippen LogP contribution is -2.29. The van der Waals surface area contributed by atoms with Crippen molar-refractivity contribution >= 4 is 11.8 Å². The van der Waals surface area contributed by atoms with E-state index in [0.717, 1.165) is 11.3 Å². The van der Waals surface area contributed by atoms with Crippen molar-refractivity contribution in [1.29, 1.82) is 0 Å². The van der Waals surface area contributed by atoms with Gasteiger partial charge in [-0.15, -0.1) is 0 Å². The number of nitrogens with zero attached hydrogens (tertiary/aromatic N) is 4. The summed E-state index contributed by atoms with van der Waals surface area (Å²) in [4.78, 5) is 29.3. The lowest BCUT2D eigenvalue weighted by Gasteiger charge is -2.26. The van der Waals surface area contributed by atoms with Crippen LogP contribution in [0.5, 0.6) is 5.75 Å². The van der Waals surface area contributed by atoms with Crippen LogP contribution in [0.1, 0.15) is 28.9 Å². The van der Waals surface area contributed by atoms with Gasteiger partial charge in [0.2, 0.25) is 0 Å². The van der Waals surface area contributed by atoms with Crippen LogP contribution in [0.15, 0.2) is 61.2 Å². The Bertz CT molecular complexity index is 954. The summed E-state index contributed by atoms with van der Waals surface area (Å²) >= 11 is 0. The minimum atomic E-state index is -0.572. The van der Waals surface area contributed by atoms with Gasteiger partial charge in [-0.05, 0) is 42.8 Å². The van der Waals surface area contributed by atoms with Crippen LogP contribution < -0.4 is 10.5 Å². The van der Waals surface area contributed by atoms with Gasteiger partial charge in [0.15, 0.2) is 6.61 Å². The third-order valence-corrected chi connectivity index (χ3v) is 4.42. The predicted octanol–water partition coefficient (Wildman–Crippen LogP) is 1.96. The van der Waals surface area contributed by atoms with Crippen molar-refractivity contribution in [3.8, 4) is 11.4 Å². The molecule has 0 saturated heterocycles. The van der Waals surface area contributed by atoms with Gasteiger partial charge in [-0.1, -0.05) is 18.2 Å². The van der Waals surface area contributed by atoms with Crippen molar-refractivity contribution < 1.29 is 14.3 Å². The van der Waals surface area contributed by atoms with E-state index in [2.05, 4.69) is 10.1 Å². The molecule has 1 heterocycles. The van der Waals surface area contributed by atoms with Gasteiger partial charge in [0.1, 0.15) is 18.4 Å². The van der Waals surface area contributed by atoms with E-state index in [1.54, 1.807) is 47.2 Å². The molecule has 0 spiro atoms. The molecular weight excluding hydrogens is 358 g/mol. The molecule has 0 aliphatic carbocycles. The third-order valence-electron chi connectivity index (χ3n) is 4.42. The Kier molecular flexibility index (Phi) is 5.69. The van der Waals surface area contributed by atoms with E-state index in [9.17, 15) is 9.59 Å². The zero-order chi connectivity index (χ0) is 20.1. The second-order valence-corrected chi connectivity index (χ2v) is 6.31. The molecule has 144 valence electrons. The van der Waals surface area contributed by atoms with Crippen LogP contribution in [0.2, 0.25) is 0 Å². The Morgan fingerprint density at radius 2 is 1.96 bits per heavy atom. The van der Waals surface area contributed by atoms with Gasteiger partial charge in [0, 0.05) is 12.6 Å². The molecule has 0 bridgehead atoms. The molecule has 1 aromatic heterocycles. The average molecular weight is 379 g/mol. The maximum atomic E-state index is 12.9. The van der Waals surface area contributed by atoms with Gasteiger partial charge in [-0.2, -0.15) is 5.10 Å². The van der Waals surface area contributed by atoms with Gasteiger partial charge in [-0.25, -0.2) is 9.67 Å². The highest BCUT2D eigenvalue weighted by molar-refractivity contribution is 5.94. The number of hydrogen-bond acceptors (Lipinski definition) is 5. The second-order valence-electron chi connectivity index (χ2n) is 6.31. The number of carbonyl (C=O) groups excluding carboxylic acids is 2. The Balaban J connectivity index is 1.72. The molecule has 8 heteroatoms. The summed E-state index contributed by atoms with van der Waals surface area (Å²) in [5.74, 6) is -0.308. The number of nitrogens with two attached hydrogens (primary N) is 1. The lowest BCUT2D eigenvalue weighted by molar-refractivity contribution is -0.119. The lowest BCUT2D eigenvalue weighted by atomic mass is 10.1. The quantitative estimate of drug-likeness (QED) is 0.676. The Hall–Kier alpha value is -3.68. The first kappa shape index (κ1) is 19.1. The fourth-order valence-corrected chi connectivity index (χ4v) is 2.72. The van der Waals surface area contributed by atoms with E-state index >= 15 is 0 Å². The SMILES string of the molecule is CC(c1ccc(-n2cncn2)cc1)N(C)C(=O)c1cccc(OCC(N)=O)c1. The smallest absolute Gasteiger partial charge is 0.255 e. The van der Waals surface area contributed by atoms with Crippen LogP contribution >= 0.6 is 0 Å². The van der Waals surface area contributed by atoms with Crippen LogP contribution in [-0.4, -0.2) is 45.1 Å². The molecular formula is C20H21N5O3. The summed E-state index contributed by atoms with van der Waals surface area (Å²) in [6, 6.07) is 14.3. The summed E-state index contributed by atoms with van der Waals surface area (Å²) in [5, 5.41) is 4.10. The van der Waals surface area contributed by atoms with Gasteiger partial charge in [0.05, 0.1) is 11.7 Å². The number of aromatic nitrogens is 3. The molecule has 0 radical (unpaired) electrons. The number of hydrogen-bond donors (Lipinski definition) is 1. The van der Waals surface area contributed by atoms with Crippen LogP contribution in [0.3, 0.4) is 0 Å². The van der Waals surface area contributed by atoms with E-state index < -0.39 is 5.91 Å². The first-order valence-corrected chi connectivity index (χ1v) is 8.69. The summed E-state index contributed by atoms with van der Waals surface area (Å²) in [6.45, 7) is 1.72. The van der Waals surface area contributed by atoms with E-state index in [-0.39, 0.29) is 18.6 Å². The molecule has 0 aliphatic rings. The van der Waals surface area contributed by atoms with E-state index in [4.69, 9.17) is 10.5 Å². The van der Waals surface area contributed by atoms with E-state index in [0.29, 0.717) is 11.3 Å². The number of rotatable bonds is 7. The molecule has 1 atom stereocenters. The van der Waals surface area contributed by atoms with Crippen LogP contribution in [0.25, 0.3) is 5.69 Å². The maximum absolute atomic E-state index is 12.9. The van der Waals surface area contributed by atoms with Crippen molar-refractivity contribution in [3.63, 3.8) is 0 Å². The van der Waals surface area contributed by atoms with Crippen molar-refractivity contribution in [2.75, 3.05) is 13.7 Å². The molecule has 28 heavy (non-hydrogen) atoms. The van der Waals surface area contributed by atoms with Crippen molar-refractivity contribution in [1.82, 2.24) is 19.7 Å². The topological polar surface area (TPSA) is 103 Å². The molecule has 0 saturated carbocycles. The molecule has 0 aliphatic heterocycles. The van der Waals surface area contributed by atoms with Crippen molar-refractivity contribution in [2.24, 2.45) is 5.73 Å². The number of benzene rings is 2. The largest absolute Gasteiger partial charge is 0.484 e. The van der Waals surface area contributed by atoms with Crippen LogP contribution in [0.4, 0.5) is 0 Å². The molecule has 0 fully saturated rings. The van der Waals surface area contributed by atoms with Gasteiger partial charge >= 0.3 is 0 Å². The van der Waals surface area contributed by atoms with Crippen LogP contribution in [-0.2, 0) is 4.79 Å². The second kappa shape index (κ2) is 8.34. The summed E-state index contributed by atoms with van der Waals surface area (Å²) < 4.78 is 6.94. The predicted molar refractivity (Wildman–Crippen MR) is 103 cm³/mol.